The predicted molar refractivity (Wildman–Crippen MR) is 94.1 cm³/mol. The molecule has 2 aromatic rings. The molecule has 114 valence electrons. The van der Waals surface area contributed by atoms with Crippen molar-refractivity contribution in [2.45, 2.75) is 26.2 Å². The summed E-state index contributed by atoms with van der Waals surface area (Å²) in [5.41, 5.74) is 2.28. The molecule has 1 atom stereocenters. The van der Waals surface area contributed by atoms with Gasteiger partial charge in [-0.1, -0.05) is 6.92 Å². The Bertz CT molecular complexity index is 767. The highest BCUT2D eigenvalue weighted by Gasteiger charge is 2.25. The fourth-order valence-electron chi connectivity index (χ4n) is 2.79. The molecule has 0 fully saturated rings. The highest BCUT2D eigenvalue weighted by molar-refractivity contribution is 14.1. The Labute approximate surface area is 146 Å². The molecule has 0 saturated heterocycles. The quantitative estimate of drug-likeness (QED) is 0.749. The SMILES string of the molecule is CC1CCc2c(sc(NC(=O)c3c(I)cnn3C)c2C#N)C1. The summed E-state index contributed by atoms with van der Waals surface area (Å²) in [7, 11) is 1.74. The molecule has 1 aliphatic carbocycles. The average Bonchev–Trinajstić information content (AvgIpc) is 2.97. The standard InChI is InChI=1S/C15H15IN4OS/c1-8-3-4-9-10(6-17)15(22-12(9)5-8)19-14(21)13-11(16)7-18-20(13)2/h7-8H,3-5H2,1-2H3,(H,19,21). The van der Waals surface area contributed by atoms with E-state index < -0.39 is 0 Å². The van der Waals surface area contributed by atoms with Crippen molar-refractivity contribution in [1.82, 2.24) is 9.78 Å². The minimum Gasteiger partial charge on any atom is -0.311 e. The lowest BCUT2D eigenvalue weighted by molar-refractivity contribution is 0.101. The van der Waals surface area contributed by atoms with Crippen LogP contribution < -0.4 is 5.32 Å². The Morgan fingerprint density at radius 3 is 3.05 bits per heavy atom. The number of fused-ring (bicyclic) bond motifs is 1. The fourth-order valence-corrected chi connectivity index (χ4v) is 4.86. The third-order valence-corrected chi connectivity index (χ3v) is 5.92. The van der Waals surface area contributed by atoms with Crippen LogP contribution in [0.4, 0.5) is 5.00 Å². The second-order valence-corrected chi connectivity index (χ2v) is 7.85. The molecule has 2 heterocycles. The van der Waals surface area contributed by atoms with E-state index in [2.05, 4.69) is 46.0 Å². The monoisotopic (exact) mass is 426 g/mol. The molecular weight excluding hydrogens is 411 g/mol. The number of nitrogens with zero attached hydrogens (tertiary/aromatic N) is 3. The molecule has 1 N–H and O–H groups in total. The number of hydrogen-bond acceptors (Lipinski definition) is 4. The number of amides is 1. The summed E-state index contributed by atoms with van der Waals surface area (Å²) in [6, 6.07) is 2.27. The minimum absolute atomic E-state index is 0.215. The second-order valence-electron chi connectivity index (χ2n) is 5.59. The maximum Gasteiger partial charge on any atom is 0.275 e. The van der Waals surface area contributed by atoms with Crippen molar-refractivity contribution >= 4 is 44.8 Å². The molecule has 0 spiro atoms. The normalized spacial score (nSPS) is 16.9. The molecule has 0 bridgehead atoms. The van der Waals surface area contributed by atoms with Gasteiger partial charge in [0, 0.05) is 11.9 Å². The van der Waals surface area contributed by atoms with Gasteiger partial charge < -0.3 is 5.32 Å². The summed E-state index contributed by atoms with van der Waals surface area (Å²) >= 11 is 3.63. The number of thiophene rings is 1. The van der Waals surface area contributed by atoms with Gasteiger partial charge in [-0.25, -0.2) is 0 Å². The molecule has 0 aliphatic heterocycles. The van der Waals surface area contributed by atoms with Crippen LogP contribution in [0.3, 0.4) is 0 Å². The van der Waals surface area contributed by atoms with Crippen molar-refractivity contribution in [1.29, 1.82) is 5.26 Å². The third-order valence-electron chi connectivity index (χ3n) is 3.96. The van der Waals surface area contributed by atoms with Gasteiger partial charge in [0.25, 0.3) is 5.91 Å². The zero-order valence-electron chi connectivity index (χ0n) is 12.3. The Morgan fingerprint density at radius 1 is 1.64 bits per heavy atom. The predicted octanol–water partition coefficient (Wildman–Crippen LogP) is 3.33. The molecule has 0 saturated carbocycles. The van der Waals surface area contributed by atoms with Gasteiger partial charge in [0.2, 0.25) is 0 Å². The number of carbonyl (C=O) groups is 1. The number of nitriles is 1. The van der Waals surface area contributed by atoms with Crippen LogP contribution in [0.2, 0.25) is 0 Å². The van der Waals surface area contributed by atoms with Crippen molar-refractivity contribution in [2.24, 2.45) is 13.0 Å². The lowest BCUT2D eigenvalue weighted by Gasteiger charge is -2.17. The number of aromatic nitrogens is 2. The summed E-state index contributed by atoms with van der Waals surface area (Å²) in [6.45, 7) is 2.23. The van der Waals surface area contributed by atoms with Crippen molar-refractivity contribution in [3.63, 3.8) is 0 Å². The van der Waals surface area contributed by atoms with Gasteiger partial charge >= 0.3 is 0 Å². The summed E-state index contributed by atoms with van der Waals surface area (Å²) in [5.74, 6) is 0.423. The molecule has 7 heteroatoms. The highest BCUT2D eigenvalue weighted by atomic mass is 127. The number of anilines is 1. The van der Waals surface area contributed by atoms with Crippen LogP contribution in [0.1, 0.15) is 39.8 Å². The lowest BCUT2D eigenvalue weighted by Crippen LogP contribution is -2.17. The summed E-state index contributed by atoms with van der Waals surface area (Å²) in [4.78, 5) is 13.7. The zero-order chi connectivity index (χ0) is 15.9. The Balaban J connectivity index is 1.93. The van der Waals surface area contributed by atoms with Crippen LogP contribution in [-0.4, -0.2) is 15.7 Å². The number of halogens is 1. The van der Waals surface area contributed by atoms with E-state index in [-0.39, 0.29) is 5.91 Å². The van der Waals surface area contributed by atoms with Crippen molar-refractivity contribution in [3.05, 3.63) is 31.5 Å². The topological polar surface area (TPSA) is 70.7 Å². The van der Waals surface area contributed by atoms with Gasteiger partial charge in [-0.15, -0.1) is 11.3 Å². The molecule has 5 nitrogen and oxygen atoms in total. The first kappa shape index (κ1) is 15.5. The minimum atomic E-state index is -0.215. The summed E-state index contributed by atoms with van der Waals surface area (Å²) in [5, 5.41) is 17.1. The molecule has 2 aromatic heterocycles. The lowest BCUT2D eigenvalue weighted by atomic mass is 9.89. The molecule has 0 radical (unpaired) electrons. The molecule has 1 unspecified atom stereocenters. The van der Waals surface area contributed by atoms with Gasteiger partial charge in [0.1, 0.15) is 16.8 Å². The fraction of sp³-hybridized carbons (Fsp3) is 0.400. The van der Waals surface area contributed by atoms with E-state index in [0.29, 0.717) is 22.2 Å². The van der Waals surface area contributed by atoms with E-state index in [4.69, 9.17) is 0 Å². The zero-order valence-corrected chi connectivity index (χ0v) is 15.3. The molecule has 22 heavy (non-hydrogen) atoms. The first-order valence-corrected chi connectivity index (χ1v) is 8.94. The van der Waals surface area contributed by atoms with E-state index in [9.17, 15) is 10.1 Å². The number of hydrogen-bond donors (Lipinski definition) is 1. The van der Waals surface area contributed by atoms with Gasteiger partial charge in [-0.3, -0.25) is 9.48 Å². The largest absolute Gasteiger partial charge is 0.311 e. The van der Waals surface area contributed by atoms with Gasteiger partial charge in [0.05, 0.1) is 15.3 Å². The maximum absolute atomic E-state index is 12.5. The Morgan fingerprint density at radius 2 is 2.41 bits per heavy atom. The molecule has 3 rings (SSSR count). The first-order chi connectivity index (χ1) is 10.5. The average molecular weight is 426 g/mol. The molecule has 0 aromatic carbocycles. The van der Waals surface area contributed by atoms with Crippen molar-refractivity contribution < 1.29 is 4.79 Å². The Hall–Kier alpha value is -1.40. The highest BCUT2D eigenvalue weighted by Crippen LogP contribution is 2.39. The van der Waals surface area contributed by atoms with E-state index in [1.54, 1.807) is 29.3 Å². The Kier molecular flexibility index (Phi) is 4.23. The van der Waals surface area contributed by atoms with Crippen LogP contribution in [0.5, 0.6) is 0 Å². The second kappa shape index (κ2) is 6.01. The van der Waals surface area contributed by atoms with Gasteiger partial charge in [-0.05, 0) is 53.3 Å². The number of aryl methyl sites for hydroxylation is 1. The summed E-state index contributed by atoms with van der Waals surface area (Å²) < 4.78 is 2.35. The van der Waals surface area contributed by atoms with Crippen LogP contribution in [0.15, 0.2) is 6.20 Å². The van der Waals surface area contributed by atoms with E-state index in [1.807, 2.05) is 0 Å². The number of carbonyl (C=O) groups excluding carboxylic acids is 1. The molecular formula is C15H15IN4OS. The smallest absolute Gasteiger partial charge is 0.275 e. The number of rotatable bonds is 2. The van der Waals surface area contributed by atoms with Crippen molar-refractivity contribution in [2.75, 3.05) is 5.32 Å². The van der Waals surface area contributed by atoms with Gasteiger partial charge in [-0.2, -0.15) is 10.4 Å². The molecule has 1 aliphatic rings. The van der Waals surface area contributed by atoms with Crippen LogP contribution in [-0.2, 0) is 19.9 Å². The van der Waals surface area contributed by atoms with Crippen LogP contribution in [0.25, 0.3) is 0 Å². The number of nitrogens with one attached hydrogen (secondary N) is 1. The van der Waals surface area contributed by atoms with Crippen LogP contribution >= 0.6 is 33.9 Å². The van der Waals surface area contributed by atoms with E-state index in [1.165, 1.54) is 4.88 Å². The third kappa shape index (κ3) is 2.65. The van der Waals surface area contributed by atoms with E-state index in [0.717, 1.165) is 28.4 Å². The van der Waals surface area contributed by atoms with E-state index >= 15 is 0 Å². The summed E-state index contributed by atoms with van der Waals surface area (Å²) in [6.07, 6.45) is 4.68. The van der Waals surface area contributed by atoms with Crippen molar-refractivity contribution in [3.8, 4) is 6.07 Å². The molecule has 1 amide bonds. The van der Waals surface area contributed by atoms with Crippen LogP contribution in [0, 0.1) is 20.8 Å². The van der Waals surface area contributed by atoms with Gasteiger partial charge in [0.15, 0.2) is 0 Å². The maximum atomic E-state index is 12.5. The first-order valence-electron chi connectivity index (χ1n) is 7.04.